The first-order valence-corrected chi connectivity index (χ1v) is 6.57. The molecule has 0 aliphatic heterocycles. The molecule has 6 heteroatoms. The summed E-state index contributed by atoms with van der Waals surface area (Å²) in [6.07, 6.45) is 3.73. The van der Waals surface area contributed by atoms with Gasteiger partial charge in [-0.3, -0.25) is 19.9 Å². The number of non-ortho nitro benzene ring substituents is 1. The molecule has 0 bridgehead atoms. The third-order valence-corrected chi connectivity index (χ3v) is 3.14. The number of pyridine rings is 1. The first-order chi connectivity index (χ1) is 10.1. The molecule has 0 radical (unpaired) electrons. The molecule has 1 aromatic heterocycles. The highest BCUT2D eigenvalue weighted by Gasteiger charge is 2.16. The lowest BCUT2D eigenvalue weighted by molar-refractivity contribution is -0.384. The topological polar surface area (TPSA) is 85.1 Å². The van der Waals surface area contributed by atoms with Crippen LogP contribution in [0.4, 0.5) is 5.69 Å². The molecule has 1 unspecified atom stereocenters. The number of nitrogens with one attached hydrogen (secondary N) is 1. The Bertz CT molecular complexity index is 644. The van der Waals surface area contributed by atoms with Crippen LogP contribution in [0.3, 0.4) is 0 Å². The van der Waals surface area contributed by atoms with Gasteiger partial charge in [0.1, 0.15) is 0 Å². The highest BCUT2D eigenvalue weighted by Crippen LogP contribution is 2.21. The Morgan fingerprint density at radius 3 is 2.67 bits per heavy atom. The molecule has 1 aromatic carbocycles. The van der Waals surface area contributed by atoms with E-state index in [4.69, 9.17) is 0 Å². The summed E-state index contributed by atoms with van der Waals surface area (Å²) in [6.45, 7) is 1.91. The molecular weight excluding hydrogens is 270 g/mol. The molecule has 0 aliphatic rings. The van der Waals surface area contributed by atoms with Crippen molar-refractivity contribution in [3.63, 3.8) is 0 Å². The van der Waals surface area contributed by atoms with Gasteiger partial charge in [0.2, 0.25) is 0 Å². The van der Waals surface area contributed by atoms with Crippen LogP contribution in [0.2, 0.25) is 0 Å². The number of nitrogens with zero attached hydrogens (tertiary/aromatic N) is 2. The first kappa shape index (κ1) is 14.6. The van der Waals surface area contributed by atoms with Gasteiger partial charge in [0.25, 0.3) is 11.6 Å². The number of hydrogen-bond acceptors (Lipinski definition) is 4. The van der Waals surface area contributed by atoms with Crippen LogP contribution in [0, 0.1) is 10.1 Å². The molecule has 6 nitrogen and oxygen atoms in total. The molecule has 108 valence electrons. The zero-order valence-electron chi connectivity index (χ0n) is 11.5. The summed E-state index contributed by atoms with van der Waals surface area (Å²) in [5.41, 5.74) is 1.24. The molecule has 0 fully saturated rings. The number of carbonyl (C=O) groups is 1. The van der Waals surface area contributed by atoms with E-state index in [-0.39, 0.29) is 17.6 Å². The zero-order valence-corrected chi connectivity index (χ0v) is 11.5. The van der Waals surface area contributed by atoms with Crippen LogP contribution >= 0.6 is 0 Å². The fourth-order valence-corrected chi connectivity index (χ4v) is 2.02. The highest BCUT2D eigenvalue weighted by atomic mass is 16.6. The molecule has 2 rings (SSSR count). The molecule has 1 amide bonds. The maximum absolute atomic E-state index is 12.1. The van der Waals surface area contributed by atoms with Gasteiger partial charge in [-0.15, -0.1) is 0 Å². The second-order valence-corrected chi connectivity index (χ2v) is 4.52. The van der Waals surface area contributed by atoms with Crippen molar-refractivity contribution in [2.45, 2.75) is 19.4 Å². The van der Waals surface area contributed by atoms with Crippen LogP contribution in [-0.4, -0.2) is 15.8 Å². The number of amides is 1. The second kappa shape index (κ2) is 6.60. The van der Waals surface area contributed by atoms with Gasteiger partial charge in [-0.2, -0.15) is 0 Å². The third-order valence-electron chi connectivity index (χ3n) is 3.14. The predicted octanol–water partition coefficient (Wildman–Crippen LogP) is 2.87. The molecule has 0 saturated carbocycles. The minimum absolute atomic E-state index is 0.0177. The Balaban J connectivity index is 2.18. The lowest BCUT2D eigenvalue weighted by Crippen LogP contribution is -2.28. The molecule has 0 spiro atoms. The van der Waals surface area contributed by atoms with Crippen LogP contribution < -0.4 is 5.32 Å². The van der Waals surface area contributed by atoms with Crippen molar-refractivity contribution in [1.82, 2.24) is 10.3 Å². The molecule has 0 saturated heterocycles. The van der Waals surface area contributed by atoms with E-state index in [1.807, 2.05) is 6.92 Å². The average molecular weight is 285 g/mol. The maximum atomic E-state index is 12.1. The van der Waals surface area contributed by atoms with Gasteiger partial charge in [-0.25, -0.2) is 0 Å². The largest absolute Gasteiger partial charge is 0.345 e. The fraction of sp³-hybridized carbons (Fsp3) is 0.200. The van der Waals surface area contributed by atoms with Gasteiger partial charge >= 0.3 is 0 Å². The number of nitro groups is 1. The van der Waals surface area contributed by atoms with Crippen LogP contribution in [0.25, 0.3) is 0 Å². The smallest absolute Gasteiger partial charge is 0.269 e. The van der Waals surface area contributed by atoms with Gasteiger partial charge < -0.3 is 5.32 Å². The number of benzene rings is 1. The van der Waals surface area contributed by atoms with E-state index in [0.717, 1.165) is 0 Å². The predicted molar refractivity (Wildman–Crippen MR) is 77.8 cm³/mol. The Kier molecular flexibility index (Phi) is 4.61. The minimum atomic E-state index is -0.444. The summed E-state index contributed by atoms with van der Waals surface area (Å²) in [5.74, 6) is -0.226. The minimum Gasteiger partial charge on any atom is -0.345 e. The quantitative estimate of drug-likeness (QED) is 0.676. The Hall–Kier alpha value is -2.76. The Morgan fingerprint density at radius 2 is 2.05 bits per heavy atom. The maximum Gasteiger partial charge on any atom is 0.269 e. The monoisotopic (exact) mass is 285 g/mol. The van der Waals surface area contributed by atoms with Crippen molar-refractivity contribution < 1.29 is 9.72 Å². The Labute approximate surface area is 122 Å². The van der Waals surface area contributed by atoms with Gasteiger partial charge in [0, 0.05) is 30.1 Å². The zero-order chi connectivity index (χ0) is 15.2. The summed E-state index contributed by atoms with van der Waals surface area (Å²) < 4.78 is 0. The molecule has 2 aromatic rings. The number of hydrogen-bond donors (Lipinski definition) is 1. The van der Waals surface area contributed by atoms with Crippen molar-refractivity contribution in [3.8, 4) is 0 Å². The van der Waals surface area contributed by atoms with E-state index in [9.17, 15) is 14.9 Å². The van der Waals surface area contributed by atoms with Crippen LogP contribution in [0.5, 0.6) is 0 Å². The van der Waals surface area contributed by atoms with Gasteiger partial charge in [-0.1, -0.05) is 19.1 Å². The molecule has 21 heavy (non-hydrogen) atoms. The summed E-state index contributed by atoms with van der Waals surface area (Å²) in [6, 6.07) is 9.28. The number of carbonyl (C=O) groups excluding carboxylic acids is 1. The van der Waals surface area contributed by atoms with E-state index in [1.54, 1.807) is 36.7 Å². The van der Waals surface area contributed by atoms with E-state index >= 15 is 0 Å². The second-order valence-electron chi connectivity index (χ2n) is 4.52. The van der Waals surface area contributed by atoms with Crippen LogP contribution in [0.15, 0.2) is 48.8 Å². The lowest BCUT2D eigenvalue weighted by Gasteiger charge is -2.17. The van der Waals surface area contributed by atoms with Gasteiger partial charge in [0.05, 0.1) is 11.0 Å². The van der Waals surface area contributed by atoms with E-state index in [2.05, 4.69) is 10.3 Å². The van der Waals surface area contributed by atoms with E-state index in [0.29, 0.717) is 17.5 Å². The van der Waals surface area contributed by atoms with Crippen molar-refractivity contribution in [3.05, 3.63) is 70.0 Å². The standard InChI is InChI=1S/C15H15N3O3/c1-2-14(12-4-3-5-13(10-12)18(20)21)17-15(19)11-6-8-16-9-7-11/h3-10,14H,2H2,1H3,(H,17,19). The summed E-state index contributed by atoms with van der Waals surface area (Å²) >= 11 is 0. The van der Waals surface area contributed by atoms with Crippen molar-refractivity contribution in [2.75, 3.05) is 0 Å². The number of nitro benzene ring substituents is 1. The Morgan fingerprint density at radius 1 is 1.33 bits per heavy atom. The number of aromatic nitrogens is 1. The SMILES string of the molecule is CCC(NC(=O)c1ccncc1)c1cccc([N+](=O)[O-])c1. The normalized spacial score (nSPS) is 11.7. The van der Waals surface area contributed by atoms with Crippen molar-refractivity contribution in [1.29, 1.82) is 0 Å². The third kappa shape index (κ3) is 3.62. The lowest BCUT2D eigenvalue weighted by atomic mass is 10.0. The average Bonchev–Trinajstić information content (AvgIpc) is 2.53. The van der Waals surface area contributed by atoms with Gasteiger partial charge in [-0.05, 0) is 24.1 Å². The van der Waals surface area contributed by atoms with Crippen molar-refractivity contribution >= 4 is 11.6 Å². The molecule has 0 aliphatic carbocycles. The van der Waals surface area contributed by atoms with Gasteiger partial charge in [0.15, 0.2) is 0 Å². The van der Waals surface area contributed by atoms with Crippen LogP contribution in [0.1, 0.15) is 35.3 Å². The molecule has 1 N–H and O–H groups in total. The van der Waals surface area contributed by atoms with Crippen LogP contribution in [-0.2, 0) is 0 Å². The van der Waals surface area contributed by atoms with E-state index < -0.39 is 4.92 Å². The van der Waals surface area contributed by atoms with E-state index in [1.165, 1.54) is 12.1 Å². The highest BCUT2D eigenvalue weighted by molar-refractivity contribution is 5.94. The fourth-order valence-electron chi connectivity index (χ4n) is 2.02. The number of rotatable bonds is 5. The summed E-state index contributed by atoms with van der Waals surface area (Å²) in [5, 5.41) is 13.7. The molecular formula is C15H15N3O3. The molecule has 1 heterocycles. The summed E-state index contributed by atoms with van der Waals surface area (Å²) in [7, 11) is 0. The molecule has 1 atom stereocenters. The van der Waals surface area contributed by atoms with Crippen molar-refractivity contribution in [2.24, 2.45) is 0 Å². The summed E-state index contributed by atoms with van der Waals surface area (Å²) in [4.78, 5) is 26.4. The first-order valence-electron chi connectivity index (χ1n) is 6.57.